The van der Waals surface area contributed by atoms with Crippen LogP contribution < -0.4 is 10.9 Å². The third-order valence-electron chi connectivity index (χ3n) is 4.21. The van der Waals surface area contributed by atoms with Crippen LogP contribution in [0.25, 0.3) is 10.9 Å². The highest BCUT2D eigenvalue weighted by molar-refractivity contribution is 7.99. The third-order valence-corrected chi connectivity index (χ3v) is 5.17. The first-order valence-electron chi connectivity index (χ1n) is 9.79. The third kappa shape index (κ3) is 6.59. The zero-order chi connectivity index (χ0) is 21.6. The van der Waals surface area contributed by atoms with E-state index in [1.807, 2.05) is 32.9 Å². The molecule has 0 bridgehead atoms. The van der Waals surface area contributed by atoms with Crippen LogP contribution in [0, 0.1) is 0 Å². The molecule has 0 atom stereocenters. The van der Waals surface area contributed by atoms with Crippen LogP contribution in [0.5, 0.6) is 0 Å². The number of para-hydroxylation sites is 1. The van der Waals surface area contributed by atoms with E-state index in [1.54, 1.807) is 23.7 Å². The fourth-order valence-corrected chi connectivity index (χ4v) is 3.74. The van der Waals surface area contributed by atoms with Gasteiger partial charge < -0.3 is 10.2 Å². The van der Waals surface area contributed by atoms with E-state index in [1.165, 1.54) is 16.7 Å². The summed E-state index contributed by atoms with van der Waals surface area (Å²) in [5.74, 6) is -0.290. The molecule has 1 heterocycles. The lowest BCUT2D eigenvalue weighted by molar-refractivity contribution is -0.133. The van der Waals surface area contributed by atoms with Crippen molar-refractivity contribution in [2.75, 3.05) is 19.3 Å². The summed E-state index contributed by atoms with van der Waals surface area (Å²) in [6, 6.07) is 7.24. The zero-order valence-corrected chi connectivity index (χ0v) is 18.6. The average Bonchev–Trinajstić information content (AvgIpc) is 2.64. The number of carbonyl (C=O) groups is 2. The van der Waals surface area contributed by atoms with Crippen LogP contribution in [-0.4, -0.2) is 51.1 Å². The molecule has 0 fully saturated rings. The predicted molar refractivity (Wildman–Crippen MR) is 117 cm³/mol. The normalized spacial score (nSPS) is 11.5. The Hall–Kier alpha value is -2.35. The number of amides is 2. The van der Waals surface area contributed by atoms with Crippen LogP contribution in [0.1, 0.15) is 40.5 Å². The van der Waals surface area contributed by atoms with Gasteiger partial charge in [-0.1, -0.05) is 37.2 Å². The number of carbonyl (C=O) groups excluding carboxylic acids is 2. The van der Waals surface area contributed by atoms with E-state index in [4.69, 9.17) is 0 Å². The van der Waals surface area contributed by atoms with Gasteiger partial charge in [0.1, 0.15) is 0 Å². The van der Waals surface area contributed by atoms with Crippen LogP contribution in [0.4, 0.5) is 0 Å². The van der Waals surface area contributed by atoms with E-state index in [2.05, 4.69) is 17.2 Å². The van der Waals surface area contributed by atoms with Gasteiger partial charge in [0, 0.05) is 19.1 Å². The zero-order valence-electron chi connectivity index (χ0n) is 17.8. The first-order chi connectivity index (χ1) is 13.6. The van der Waals surface area contributed by atoms with Gasteiger partial charge >= 0.3 is 0 Å². The summed E-state index contributed by atoms with van der Waals surface area (Å²) >= 11 is 1.23. The Kier molecular flexibility index (Phi) is 7.84. The number of hydrogen-bond acceptors (Lipinski definition) is 5. The molecule has 0 saturated carbocycles. The molecule has 0 unspecified atom stereocenters. The lowest BCUT2D eigenvalue weighted by atomic mass is 10.1. The maximum absolute atomic E-state index is 12.9. The molecule has 7 nitrogen and oxygen atoms in total. The maximum Gasteiger partial charge on any atom is 0.262 e. The molecule has 2 aromatic rings. The van der Waals surface area contributed by atoms with Crippen LogP contribution in [0.15, 0.2) is 34.2 Å². The highest BCUT2D eigenvalue weighted by Crippen LogP contribution is 2.19. The Morgan fingerprint density at radius 2 is 1.93 bits per heavy atom. The quantitative estimate of drug-likeness (QED) is 0.526. The van der Waals surface area contributed by atoms with Gasteiger partial charge in [0.25, 0.3) is 5.56 Å². The SMILES string of the molecule is CCCCn1c(SCC(=O)N(C)CC(=O)NC(C)(C)C)nc2ccccc2c1=O. The second-order valence-corrected chi connectivity index (χ2v) is 9.00. The van der Waals surface area contributed by atoms with E-state index in [-0.39, 0.29) is 35.2 Å². The number of benzene rings is 1. The van der Waals surface area contributed by atoms with Gasteiger partial charge in [0.05, 0.1) is 23.2 Å². The molecule has 0 radical (unpaired) electrons. The molecular formula is C21H30N4O3S. The Balaban J connectivity index is 2.13. The fourth-order valence-electron chi connectivity index (χ4n) is 2.77. The number of fused-ring (bicyclic) bond motifs is 1. The number of hydrogen-bond donors (Lipinski definition) is 1. The van der Waals surface area contributed by atoms with Gasteiger partial charge in [-0.2, -0.15) is 0 Å². The fraction of sp³-hybridized carbons (Fsp3) is 0.524. The monoisotopic (exact) mass is 418 g/mol. The van der Waals surface area contributed by atoms with Gasteiger partial charge in [-0.25, -0.2) is 4.98 Å². The highest BCUT2D eigenvalue weighted by atomic mass is 32.2. The molecule has 0 spiro atoms. The minimum atomic E-state index is -0.347. The molecule has 1 aromatic carbocycles. The highest BCUT2D eigenvalue weighted by Gasteiger charge is 2.19. The summed E-state index contributed by atoms with van der Waals surface area (Å²) in [7, 11) is 1.60. The van der Waals surface area contributed by atoms with Crippen molar-refractivity contribution in [2.45, 2.75) is 57.8 Å². The molecule has 8 heteroatoms. The van der Waals surface area contributed by atoms with Crippen molar-refractivity contribution in [2.24, 2.45) is 0 Å². The van der Waals surface area contributed by atoms with Crippen molar-refractivity contribution in [1.82, 2.24) is 19.8 Å². The molecule has 2 amide bonds. The summed E-state index contributed by atoms with van der Waals surface area (Å²) in [6.07, 6.45) is 1.81. The van der Waals surface area contributed by atoms with Crippen LogP contribution in [0.3, 0.4) is 0 Å². The number of thioether (sulfide) groups is 1. The largest absolute Gasteiger partial charge is 0.350 e. The molecule has 2 rings (SSSR count). The summed E-state index contributed by atoms with van der Waals surface area (Å²) in [4.78, 5) is 43.4. The van der Waals surface area contributed by atoms with Crippen molar-refractivity contribution in [1.29, 1.82) is 0 Å². The first-order valence-corrected chi connectivity index (χ1v) is 10.8. The maximum atomic E-state index is 12.9. The van der Waals surface area contributed by atoms with Gasteiger partial charge in [-0.05, 0) is 39.3 Å². The van der Waals surface area contributed by atoms with E-state index in [9.17, 15) is 14.4 Å². The van der Waals surface area contributed by atoms with Crippen LogP contribution >= 0.6 is 11.8 Å². The van der Waals surface area contributed by atoms with Crippen molar-refractivity contribution >= 4 is 34.5 Å². The van der Waals surface area contributed by atoms with Crippen molar-refractivity contribution < 1.29 is 9.59 Å². The number of aromatic nitrogens is 2. The smallest absolute Gasteiger partial charge is 0.262 e. The van der Waals surface area contributed by atoms with Gasteiger partial charge in [-0.15, -0.1) is 0 Å². The van der Waals surface area contributed by atoms with Gasteiger partial charge in [0.2, 0.25) is 11.8 Å². The molecule has 158 valence electrons. The lowest BCUT2D eigenvalue weighted by Crippen LogP contribution is -2.46. The first kappa shape index (κ1) is 22.9. The molecule has 29 heavy (non-hydrogen) atoms. The number of nitrogens with zero attached hydrogens (tertiary/aromatic N) is 3. The molecule has 1 N–H and O–H groups in total. The minimum absolute atomic E-state index is 0.00947. The van der Waals surface area contributed by atoms with E-state index in [0.717, 1.165) is 12.8 Å². The Morgan fingerprint density at radius 1 is 1.24 bits per heavy atom. The molecule has 0 aliphatic carbocycles. The van der Waals surface area contributed by atoms with Crippen molar-refractivity contribution in [3.63, 3.8) is 0 Å². The second kappa shape index (κ2) is 9.91. The average molecular weight is 419 g/mol. The molecule has 0 aliphatic rings. The summed E-state index contributed by atoms with van der Waals surface area (Å²) in [5, 5.41) is 3.95. The van der Waals surface area contributed by atoms with Gasteiger partial charge in [-0.3, -0.25) is 19.0 Å². The summed E-state index contributed by atoms with van der Waals surface area (Å²) in [6.45, 7) is 8.29. The van der Waals surface area contributed by atoms with Crippen LogP contribution in [0.2, 0.25) is 0 Å². The van der Waals surface area contributed by atoms with E-state index < -0.39 is 0 Å². The van der Waals surface area contributed by atoms with Crippen molar-refractivity contribution in [3.05, 3.63) is 34.6 Å². The topological polar surface area (TPSA) is 84.3 Å². The molecule has 0 saturated heterocycles. The Bertz CT molecular complexity index is 934. The van der Waals surface area contributed by atoms with Crippen molar-refractivity contribution in [3.8, 4) is 0 Å². The summed E-state index contributed by atoms with van der Waals surface area (Å²) in [5.41, 5.74) is 0.190. The molecular weight excluding hydrogens is 388 g/mol. The summed E-state index contributed by atoms with van der Waals surface area (Å²) < 4.78 is 1.65. The Labute approximate surface area is 175 Å². The number of likely N-dealkylation sites (N-methyl/N-ethyl adjacent to an activating group) is 1. The van der Waals surface area contributed by atoms with E-state index >= 15 is 0 Å². The van der Waals surface area contributed by atoms with Crippen LogP contribution in [-0.2, 0) is 16.1 Å². The Morgan fingerprint density at radius 3 is 2.59 bits per heavy atom. The predicted octanol–water partition coefficient (Wildman–Crippen LogP) is 2.66. The lowest BCUT2D eigenvalue weighted by Gasteiger charge is -2.23. The second-order valence-electron chi connectivity index (χ2n) is 8.06. The van der Waals surface area contributed by atoms with E-state index in [0.29, 0.717) is 22.6 Å². The number of rotatable bonds is 8. The molecule has 1 aromatic heterocycles. The van der Waals surface area contributed by atoms with Gasteiger partial charge in [0.15, 0.2) is 5.16 Å². The minimum Gasteiger partial charge on any atom is -0.350 e. The number of unbranched alkanes of at least 4 members (excludes halogenated alkanes) is 1. The standard InChI is InChI=1S/C21H30N4O3S/c1-6-7-12-25-19(28)15-10-8-9-11-16(15)22-20(25)29-14-18(27)24(5)13-17(26)23-21(2,3)4/h8-11H,6-7,12-14H2,1-5H3,(H,23,26). The number of nitrogens with one attached hydrogen (secondary N) is 1. The molecule has 0 aliphatic heterocycles.